The summed E-state index contributed by atoms with van der Waals surface area (Å²) in [5.74, 6) is 0.579. The van der Waals surface area contributed by atoms with Crippen LogP contribution in [0.4, 0.5) is 0 Å². The highest BCUT2D eigenvalue weighted by Gasteiger charge is 2.02. The summed E-state index contributed by atoms with van der Waals surface area (Å²) in [5.41, 5.74) is 1.82. The van der Waals surface area contributed by atoms with Crippen molar-refractivity contribution in [2.75, 3.05) is 0 Å². The summed E-state index contributed by atoms with van der Waals surface area (Å²) in [6.07, 6.45) is 1.74. The minimum atomic E-state index is -0.105. The maximum absolute atomic E-state index is 12.2. The van der Waals surface area contributed by atoms with E-state index < -0.39 is 0 Å². The van der Waals surface area contributed by atoms with Gasteiger partial charge in [0.05, 0.1) is 0 Å². The smallest absolute Gasteiger partial charge is 0.258 e. The van der Waals surface area contributed by atoms with Gasteiger partial charge in [0.15, 0.2) is 0 Å². The van der Waals surface area contributed by atoms with Crippen molar-refractivity contribution in [2.45, 2.75) is 6.61 Å². The highest BCUT2D eigenvalue weighted by Crippen LogP contribution is 2.13. The molecule has 0 saturated heterocycles. The van der Waals surface area contributed by atoms with Crippen LogP contribution in [0.15, 0.2) is 77.7 Å². The summed E-state index contributed by atoms with van der Waals surface area (Å²) in [7, 11) is 0. The lowest BCUT2D eigenvalue weighted by atomic mass is 10.2. The Morgan fingerprint density at radius 1 is 0.955 bits per heavy atom. The van der Waals surface area contributed by atoms with Gasteiger partial charge in [-0.05, 0) is 58.5 Å². The molecule has 0 radical (unpaired) electrons. The standard InChI is InChI=1S/C18H14INO2/c19-15-6-8-16(9-7-15)20-11-10-17(12-18(20)21)22-13-14-4-2-1-3-5-14/h1-12H,13H2. The van der Waals surface area contributed by atoms with Gasteiger partial charge >= 0.3 is 0 Å². The van der Waals surface area contributed by atoms with E-state index in [2.05, 4.69) is 22.6 Å². The summed E-state index contributed by atoms with van der Waals surface area (Å²) in [5, 5.41) is 0. The number of nitrogens with zero attached hydrogens (tertiary/aromatic N) is 1. The van der Waals surface area contributed by atoms with Crippen LogP contribution < -0.4 is 10.3 Å². The van der Waals surface area contributed by atoms with Gasteiger partial charge in [-0.25, -0.2) is 0 Å². The predicted molar refractivity (Wildman–Crippen MR) is 95.5 cm³/mol. The molecular weight excluding hydrogens is 389 g/mol. The van der Waals surface area contributed by atoms with Crippen LogP contribution in [0.2, 0.25) is 0 Å². The quantitative estimate of drug-likeness (QED) is 0.617. The molecule has 0 aliphatic rings. The number of benzene rings is 2. The van der Waals surface area contributed by atoms with Gasteiger partial charge in [0.2, 0.25) is 0 Å². The first-order valence-corrected chi connectivity index (χ1v) is 7.96. The number of rotatable bonds is 4. The van der Waals surface area contributed by atoms with Crippen LogP contribution >= 0.6 is 22.6 Å². The fourth-order valence-corrected chi connectivity index (χ4v) is 2.47. The molecule has 0 aliphatic heterocycles. The summed E-state index contributed by atoms with van der Waals surface area (Å²) < 4.78 is 8.41. The first kappa shape index (κ1) is 14.8. The Morgan fingerprint density at radius 3 is 2.36 bits per heavy atom. The fourth-order valence-electron chi connectivity index (χ4n) is 2.11. The number of aromatic nitrogens is 1. The van der Waals surface area contributed by atoms with Crippen LogP contribution in [0.5, 0.6) is 5.75 Å². The topological polar surface area (TPSA) is 31.2 Å². The van der Waals surface area contributed by atoms with Crippen molar-refractivity contribution in [2.24, 2.45) is 0 Å². The normalized spacial score (nSPS) is 10.4. The Bertz CT molecular complexity index is 810. The lowest BCUT2D eigenvalue weighted by molar-refractivity contribution is 0.305. The highest BCUT2D eigenvalue weighted by molar-refractivity contribution is 14.1. The van der Waals surface area contributed by atoms with E-state index in [9.17, 15) is 4.79 Å². The van der Waals surface area contributed by atoms with E-state index in [4.69, 9.17) is 4.74 Å². The molecule has 0 unspecified atom stereocenters. The van der Waals surface area contributed by atoms with E-state index in [1.165, 1.54) is 6.07 Å². The molecule has 3 aromatic rings. The molecule has 1 aromatic heterocycles. The molecule has 0 aliphatic carbocycles. The molecule has 0 fully saturated rings. The highest BCUT2D eigenvalue weighted by atomic mass is 127. The molecule has 1 heterocycles. The minimum Gasteiger partial charge on any atom is -0.489 e. The first-order chi connectivity index (χ1) is 10.7. The number of ether oxygens (including phenoxy) is 1. The van der Waals surface area contributed by atoms with Gasteiger partial charge < -0.3 is 4.74 Å². The van der Waals surface area contributed by atoms with E-state index >= 15 is 0 Å². The Kier molecular flexibility index (Phi) is 4.58. The van der Waals surface area contributed by atoms with Crippen molar-refractivity contribution in [1.29, 1.82) is 0 Å². The molecule has 0 spiro atoms. The van der Waals surface area contributed by atoms with Crippen LogP contribution in [-0.2, 0) is 6.61 Å². The SMILES string of the molecule is O=c1cc(OCc2ccccc2)ccn1-c1ccc(I)cc1. The van der Waals surface area contributed by atoms with E-state index in [1.807, 2.05) is 60.7 Å². The molecule has 110 valence electrons. The molecule has 3 rings (SSSR count). The van der Waals surface area contributed by atoms with Crippen LogP contribution in [0.25, 0.3) is 5.69 Å². The maximum atomic E-state index is 12.2. The molecule has 0 amide bonds. The lowest BCUT2D eigenvalue weighted by Gasteiger charge is -2.09. The average molecular weight is 403 g/mol. The van der Waals surface area contributed by atoms with Crippen molar-refractivity contribution in [3.63, 3.8) is 0 Å². The van der Waals surface area contributed by atoms with Gasteiger partial charge in [0.25, 0.3) is 5.56 Å². The lowest BCUT2D eigenvalue weighted by Crippen LogP contribution is -2.16. The zero-order valence-electron chi connectivity index (χ0n) is 11.8. The zero-order valence-corrected chi connectivity index (χ0v) is 13.9. The van der Waals surface area contributed by atoms with Gasteiger partial charge in [-0.3, -0.25) is 9.36 Å². The summed E-state index contributed by atoms with van der Waals surface area (Å²) in [6, 6.07) is 21.0. The van der Waals surface area contributed by atoms with Gasteiger partial charge in [-0.2, -0.15) is 0 Å². The third kappa shape index (κ3) is 3.57. The number of pyridine rings is 1. The zero-order chi connectivity index (χ0) is 15.4. The van der Waals surface area contributed by atoms with Gasteiger partial charge in [0, 0.05) is 21.5 Å². The predicted octanol–water partition coefficient (Wildman–Crippen LogP) is 4.02. The second kappa shape index (κ2) is 6.79. The fraction of sp³-hybridized carbons (Fsp3) is 0.0556. The van der Waals surface area contributed by atoms with Gasteiger partial charge in [-0.1, -0.05) is 30.3 Å². The van der Waals surface area contributed by atoms with Crippen LogP contribution in [0.1, 0.15) is 5.56 Å². The second-order valence-corrected chi connectivity index (χ2v) is 6.07. The molecule has 0 bridgehead atoms. The molecule has 0 N–H and O–H groups in total. The molecule has 22 heavy (non-hydrogen) atoms. The van der Waals surface area contributed by atoms with E-state index in [-0.39, 0.29) is 5.56 Å². The largest absolute Gasteiger partial charge is 0.489 e. The molecule has 0 atom stereocenters. The molecule has 2 aromatic carbocycles. The van der Waals surface area contributed by atoms with Crippen molar-refractivity contribution < 1.29 is 4.74 Å². The molecule has 3 nitrogen and oxygen atoms in total. The van der Waals surface area contributed by atoms with Crippen molar-refractivity contribution >= 4 is 22.6 Å². The molecular formula is C18H14INO2. The molecule has 4 heteroatoms. The number of halogens is 1. The Morgan fingerprint density at radius 2 is 1.68 bits per heavy atom. The number of hydrogen-bond donors (Lipinski definition) is 0. The van der Waals surface area contributed by atoms with Crippen LogP contribution in [0, 0.1) is 3.57 Å². The Labute approximate surface area is 142 Å². The van der Waals surface area contributed by atoms with Crippen molar-refractivity contribution in [1.82, 2.24) is 4.57 Å². The maximum Gasteiger partial charge on any atom is 0.258 e. The second-order valence-electron chi connectivity index (χ2n) is 4.82. The Balaban J connectivity index is 1.77. The van der Waals surface area contributed by atoms with Gasteiger partial charge in [0.1, 0.15) is 12.4 Å². The Hall–Kier alpha value is -2.08. The van der Waals surface area contributed by atoms with Crippen molar-refractivity contribution in [3.8, 4) is 11.4 Å². The summed E-state index contributed by atoms with van der Waals surface area (Å²) in [4.78, 5) is 12.2. The first-order valence-electron chi connectivity index (χ1n) is 6.88. The number of hydrogen-bond acceptors (Lipinski definition) is 2. The van der Waals surface area contributed by atoms with Crippen LogP contribution in [0.3, 0.4) is 0 Å². The van der Waals surface area contributed by atoms with E-state index in [1.54, 1.807) is 10.8 Å². The van der Waals surface area contributed by atoms with E-state index in [0.717, 1.165) is 14.8 Å². The van der Waals surface area contributed by atoms with Gasteiger partial charge in [-0.15, -0.1) is 0 Å². The average Bonchev–Trinajstić information content (AvgIpc) is 2.55. The monoisotopic (exact) mass is 403 g/mol. The molecule has 0 saturated carbocycles. The van der Waals surface area contributed by atoms with Crippen LogP contribution in [-0.4, -0.2) is 4.57 Å². The third-order valence-corrected chi connectivity index (χ3v) is 3.96. The third-order valence-electron chi connectivity index (χ3n) is 3.24. The van der Waals surface area contributed by atoms with E-state index in [0.29, 0.717) is 12.4 Å². The van der Waals surface area contributed by atoms with Crippen molar-refractivity contribution in [3.05, 3.63) is 92.4 Å². The summed E-state index contributed by atoms with van der Waals surface area (Å²) in [6.45, 7) is 0.452. The minimum absolute atomic E-state index is 0.105. The summed E-state index contributed by atoms with van der Waals surface area (Å²) >= 11 is 2.24.